The van der Waals surface area contributed by atoms with Crippen LogP contribution in [0.4, 0.5) is 4.39 Å². The third kappa shape index (κ3) is 4.06. The van der Waals surface area contributed by atoms with Crippen LogP contribution in [-0.4, -0.2) is 10.9 Å². The van der Waals surface area contributed by atoms with Crippen LogP contribution in [0.3, 0.4) is 0 Å². The van der Waals surface area contributed by atoms with Crippen molar-refractivity contribution < 1.29 is 9.18 Å². The first-order valence-corrected chi connectivity index (χ1v) is 8.54. The normalized spacial score (nSPS) is 11.9. The maximum atomic E-state index is 13.3. The Kier molecular flexibility index (Phi) is 5.01. The second-order valence-corrected chi connectivity index (χ2v) is 6.39. The maximum Gasteiger partial charge on any atom is 0.226 e. The summed E-state index contributed by atoms with van der Waals surface area (Å²) >= 11 is 1.41. The van der Waals surface area contributed by atoms with Crippen LogP contribution >= 0.6 is 11.3 Å². The number of amides is 1. The Labute approximate surface area is 144 Å². The molecule has 0 spiro atoms. The molecule has 0 saturated heterocycles. The number of aromatic nitrogens is 1. The number of carbonyl (C=O) groups is 1. The largest absolute Gasteiger partial charge is 0.349 e. The minimum atomic E-state index is -0.293. The van der Waals surface area contributed by atoms with E-state index in [0.717, 1.165) is 11.1 Å². The van der Waals surface area contributed by atoms with E-state index in [1.807, 2.05) is 48.7 Å². The number of halogens is 1. The van der Waals surface area contributed by atoms with Gasteiger partial charge in [-0.25, -0.2) is 9.37 Å². The van der Waals surface area contributed by atoms with Crippen LogP contribution in [0.2, 0.25) is 0 Å². The van der Waals surface area contributed by atoms with E-state index in [9.17, 15) is 9.18 Å². The predicted molar refractivity (Wildman–Crippen MR) is 94.2 cm³/mol. The molecule has 1 heterocycles. The van der Waals surface area contributed by atoms with Crippen LogP contribution in [0.25, 0.3) is 10.6 Å². The standard InChI is InChI=1S/C19H17FN2OS/c1-13(14-6-3-2-4-7-14)21-18(23)11-17-12-24-19(22-17)15-8-5-9-16(20)10-15/h2-10,12-13H,11H2,1H3,(H,21,23)/t13-/m0/s1. The van der Waals surface area contributed by atoms with Gasteiger partial charge in [0.15, 0.2) is 0 Å². The van der Waals surface area contributed by atoms with Gasteiger partial charge in [-0.2, -0.15) is 0 Å². The summed E-state index contributed by atoms with van der Waals surface area (Å²) < 4.78 is 13.3. The van der Waals surface area contributed by atoms with E-state index < -0.39 is 0 Å². The summed E-state index contributed by atoms with van der Waals surface area (Å²) in [5.74, 6) is -0.374. The van der Waals surface area contributed by atoms with Gasteiger partial charge in [0.2, 0.25) is 5.91 Å². The number of hydrogen-bond acceptors (Lipinski definition) is 3. The van der Waals surface area contributed by atoms with Gasteiger partial charge in [0.05, 0.1) is 18.2 Å². The SMILES string of the molecule is C[C@H](NC(=O)Cc1csc(-c2cccc(F)c2)n1)c1ccccc1. The molecule has 1 amide bonds. The minimum absolute atomic E-state index is 0.0555. The number of nitrogens with one attached hydrogen (secondary N) is 1. The van der Waals surface area contributed by atoms with Gasteiger partial charge in [-0.15, -0.1) is 11.3 Å². The monoisotopic (exact) mass is 340 g/mol. The molecule has 122 valence electrons. The van der Waals surface area contributed by atoms with Gasteiger partial charge in [0, 0.05) is 10.9 Å². The maximum absolute atomic E-state index is 13.3. The lowest BCUT2D eigenvalue weighted by atomic mass is 10.1. The summed E-state index contributed by atoms with van der Waals surface area (Å²) in [4.78, 5) is 16.6. The van der Waals surface area contributed by atoms with Crippen molar-refractivity contribution in [2.45, 2.75) is 19.4 Å². The summed E-state index contributed by atoms with van der Waals surface area (Å²) in [6.45, 7) is 1.95. The van der Waals surface area contributed by atoms with Crippen LogP contribution in [0.15, 0.2) is 60.0 Å². The van der Waals surface area contributed by atoms with Crippen molar-refractivity contribution in [3.63, 3.8) is 0 Å². The highest BCUT2D eigenvalue weighted by molar-refractivity contribution is 7.13. The van der Waals surface area contributed by atoms with Crippen molar-refractivity contribution in [1.29, 1.82) is 0 Å². The number of benzene rings is 2. The molecule has 0 aliphatic rings. The summed E-state index contributed by atoms with van der Waals surface area (Å²) in [6.07, 6.45) is 0.211. The Hall–Kier alpha value is -2.53. The molecule has 0 fully saturated rings. The Morgan fingerprint density at radius 2 is 2.00 bits per heavy atom. The minimum Gasteiger partial charge on any atom is -0.349 e. The number of carbonyl (C=O) groups excluding carboxylic acids is 1. The van der Waals surface area contributed by atoms with Crippen LogP contribution in [0, 0.1) is 5.82 Å². The van der Waals surface area contributed by atoms with Crippen LogP contribution in [-0.2, 0) is 11.2 Å². The van der Waals surface area contributed by atoms with Crippen molar-refractivity contribution in [2.75, 3.05) is 0 Å². The average Bonchev–Trinajstić information content (AvgIpc) is 3.04. The summed E-state index contributed by atoms with van der Waals surface area (Å²) in [5.41, 5.74) is 2.48. The Morgan fingerprint density at radius 3 is 2.75 bits per heavy atom. The fourth-order valence-electron chi connectivity index (χ4n) is 2.42. The van der Waals surface area contributed by atoms with Crippen molar-refractivity contribution in [3.8, 4) is 10.6 Å². The van der Waals surface area contributed by atoms with E-state index in [-0.39, 0.29) is 24.2 Å². The number of nitrogens with zero attached hydrogens (tertiary/aromatic N) is 1. The lowest BCUT2D eigenvalue weighted by Gasteiger charge is -2.13. The summed E-state index contributed by atoms with van der Waals surface area (Å²) in [5, 5.41) is 5.52. The van der Waals surface area contributed by atoms with Gasteiger partial charge >= 0.3 is 0 Å². The van der Waals surface area contributed by atoms with E-state index >= 15 is 0 Å². The van der Waals surface area contributed by atoms with Gasteiger partial charge in [-0.1, -0.05) is 42.5 Å². The van der Waals surface area contributed by atoms with Crippen molar-refractivity contribution in [3.05, 3.63) is 77.1 Å². The van der Waals surface area contributed by atoms with E-state index in [0.29, 0.717) is 10.7 Å². The topological polar surface area (TPSA) is 42.0 Å². The molecule has 0 aliphatic heterocycles. The van der Waals surface area contributed by atoms with E-state index in [1.54, 1.807) is 6.07 Å². The Morgan fingerprint density at radius 1 is 1.21 bits per heavy atom. The molecule has 1 N–H and O–H groups in total. The van der Waals surface area contributed by atoms with Gasteiger partial charge in [0.25, 0.3) is 0 Å². The van der Waals surface area contributed by atoms with Crippen LogP contribution in [0.5, 0.6) is 0 Å². The zero-order valence-corrected chi connectivity index (χ0v) is 14.0. The Balaban J connectivity index is 1.63. The van der Waals surface area contributed by atoms with Crippen LogP contribution in [0.1, 0.15) is 24.2 Å². The number of thiazole rings is 1. The van der Waals surface area contributed by atoms with Crippen molar-refractivity contribution >= 4 is 17.2 Å². The van der Waals surface area contributed by atoms with Gasteiger partial charge in [0.1, 0.15) is 10.8 Å². The molecule has 1 atom stereocenters. The third-order valence-electron chi connectivity index (χ3n) is 3.64. The molecule has 0 saturated carbocycles. The van der Waals surface area contributed by atoms with Crippen molar-refractivity contribution in [2.24, 2.45) is 0 Å². The second-order valence-electron chi connectivity index (χ2n) is 5.53. The van der Waals surface area contributed by atoms with E-state index in [2.05, 4.69) is 10.3 Å². The highest BCUT2D eigenvalue weighted by atomic mass is 32.1. The smallest absolute Gasteiger partial charge is 0.226 e. The molecule has 0 aliphatic carbocycles. The fraction of sp³-hybridized carbons (Fsp3) is 0.158. The molecule has 3 aromatic rings. The molecule has 5 heteroatoms. The molecule has 2 aromatic carbocycles. The molecule has 3 rings (SSSR count). The first-order valence-electron chi connectivity index (χ1n) is 7.66. The zero-order valence-electron chi connectivity index (χ0n) is 13.2. The zero-order chi connectivity index (χ0) is 16.9. The second kappa shape index (κ2) is 7.36. The first kappa shape index (κ1) is 16.3. The molecule has 0 unspecified atom stereocenters. The first-order chi connectivity index (χ1) is 11.6. The Bertz CT molecular complexity index is 832. The predicted octanol–water partition coefficient (Wildman–Crippen LogP) is 4.37. The van der Waals surface area contributed by atoms with Gasteiger partial charge in [-0.05, 0) is 24.6 Å². The molecule has 0 radical (unpaired) electrons. The van der Waals surface area contributed by atoms with Crippen LogP contribution < -0.4 is 5.32 Å². The fourth-order valence-corrected chi connectivity index (χ4v) is 3.24. The highest BCUT2D eigenvalue weighted by Crippen LogP contribution is 2.24. The van der Waals surface area contributed by atoms with E-state index in [4.69, 9.17) is 0 Å². The molecule has 3 nitrogen and oxygen atoms in total. The summed E-state index contributed by atoms with van der Waals surface area (Å²) in [6, 6.07) is 16.1. The lowest BCUT2D eigenvalue weighted by Crippen LogP contribution is -2.28. The molecular weight excluding hydrogens is 323 g/mol. The average molecular weight is 340 g/mol. The van der Waals surface area contributed by atoms with E-state index in [1.165, 1.54) is 23.5 Å². The highest BCUT2D eigenvalue weighted by Gasteiger charge is 2.12. The molecule has 1 aromatic heterocycles. The lowest BCUT2D eigenvalue weighted by molar-refractivity contribution is -0.121. The summed E-state index contributed by atoms with van der Waals surface area (Å²) in [7, 11) is 0. The number of rotatable bonds is 5. The molecular formula is C19H17FN2OS. The van der Waals surface area contributed by atoms with Gasteiger partial charge in [-0.3, -0.25) is 4.79 Å². The molecule has 0 bridgehead atoms. The van der Waals surface area contributed by atoms with Gasteiger partial charge < -0.3 is 5.32 Å². The third-order valence-corrected chi connectivity index (χ3v) is 4.58. The molecule has 24 heavy (non-hydrogen) atoms. The quantitative estimate of drug-likeness (QED) is 0.749. The van der Waals surface area contributed by atoms with Crippen molar-refractivity contribution in [1.82, 2.24) is 10.3 Å². The number of hydrogen-bond donors (Lipinski definition) is 1.